The average molecular weight is 198 g/mol. The predicted octanol–water partition coefficient (Wildman–Crippen LogP) is -0.684. The van der Waals surface area contributed by atoms with E-state index in [9.17, 15) is 9.59 Å². The van der Waals surface area contributed by atoms with Crippen molar-refractivity contribution in [3.8, 4) is 0 Å². The first kappa shape index (κ1) is 10.2. The van der Waals surface area contributed by atoms with Gasteiger partial charge >= 0.3 is 5.97 Å². The number of amides is 1. The van der Waals surface area contributed by atoms with E-state index in [0.29, 0.717) is 5.82 Å². The van der Waals surface area contributed by atoms with E-state index in [4.69, 9.17) is 5.11 Å². The number of carbonyl (C=O) groups excluding carboxylic acids is 1. The molecule has 1 rings (SSSR count). The van der Waals surface area contributed by atoms with Crippen LogP contribution in [0.2, 0.25) is 0 Å². The highest BCUT2D eigenvalue weighted by atomic mass is 16.4. The van der Waals surface area contributed by atoms with E-state index in [1.165, 1.54) is 6.92 Å². The second-order valence-corrected chi connectivity index (χ2v) is 2.78. The van der Waals surface area contributed by atoms with Crippen molar-refractivity contribution in [2.45, 2.75) is 19.9 Å². The van der Waals surface area contributed by atoms with Gasteiger partial charge < -0.3 is 10.4 Å². The molecular weight excluding hydrogens is 188 g/mol. The normalized spacial score (nSPS) is 12.1. The maximum atomic E-state index is 11.3. The zero-order chi connectivity index (χ0) is 10.7. The van der Waals surface area contributed by atoms with E-state index < -0.39 is 17.9 Å². The van der Waals surface area contributed by atoms with E-state index in [2.05, 4.69) is 20.5 Å². The molecule has 1 aromatic heterocycles. The molecule has 14 heavy (non-hydrogen) atoms. The molecule has 7 nitrogen and oxygen atoms in total. The van der Waals surface area contributed by atoms with Crippen LogP contribution in [0.5, 0.6) is 0 Å². The molecular formula is C7H10N4O3. The van der Waals surface area contributed by atoms with Crippen LogP contribution < -0.4 is 5.32 Å². The SMILES string of the molecule is Cc1nc(C(=O)NC(C)C(=O)O)n[nH]1. The molecule has 0 spiro atoms. The van der Waals surface area contributed by atoms with Crippen molar-refractivity contribution in [1.82, 2.24) is 20.5 Å². The first-order chi connectivity index (χ1) is 6.50. The molecule has 0 aromatic carbocycles. The van der Waals surface area contributed by atoms with Crippen LogP contribution in [0.25, 0.3) is 0 Å². The quantitative estimate of drug-likeness (QED) is 0.596. The number of carboxylic acids is 1. The molecule has 1 atom stereocenters. The number of aryl methyl sites for hydroxylation is 1. The maximum absolute atomic E-state index is 11.3. The Hall–Kier alpha value is -1.92. The lowest BCUT2D eigenvalue weighted by atomic mass is 10.3. The second kappa shape index (κ2) is 3.86. The topological polar surface area (TPSA) is 108 Å². The molecule has 3 N–H and O–H groups in total. The smallest absolute Gasteiger partial charge is 0.325 e. The highest BCUT2D eigenvalue weighted by Crippen LogP contribution is 1.92. The van der Waals surface area contributed by atoms with Gasteiger partial charge in [0.15, 0.2) is 0 Å². The molecule has 0 saturated carbocycles. The summed E-state index contributed by atoms with van der Waals surface area (Å²) in [6.07, 6.45) is 0. The third kappa shape index (κ3) is 2.28. The van der Waals surface area contributed by atoms with Crippen molar-refractivity contribution >= 4 is 11.9 Å². The number of rotatable bonds is 3. The van der Waals surface area contributed by atoms with Crippen LogP contribution in [0.15, 0.2) is 0 Å². The number of carbonyl (C=O) groups is 2. The minimum Gasteiger partial charge on any atom is -0.480 e. The fraction of sp³-hybridized carbons (Fsp3) is 0.429. The Kier molecular flexibility index (Phi) is 2.80. The zero-order valence-electron chi connectivity index (χ0n) is 7.74. The summed E-state index contributed by atoms with van der Waals surface area (Å²) in [6, 6.07) is -0.957. The Morgan fingerprint density at radius 1 is 1.57 bits per heavy atom. The summed E-state index contributed by atoms with van der Waals surface area (Å²) in [6.45, 7) is 3.00. The van der Waals surface area contributed by atoms with Gasteiger partial charge in [0.25, 0.3) is 5.91 Å². The van der Waals surface area contributed by atoms with Gasteiger partial charge in [-0.15, -0.1) is 5.10 Å². The van der Waals surface area contributed by atoms with Crippen LogP contribution in [0.4, 0.5) is 0 Å². The molecule has 1 aromatic rings. The number of carboxylic acid groups (broad SMARTS) is 1. The summed E-state index contributed by atoms with van der Waals surface area (Å²) in [7, 11) is 0. The van der Waals surface area contributed by atoms with Gasteiger partial charge in [-0.3, -0.25) is 14.7 Å². The minimum absolute atomic E-state index is 0.0596. The number of nitrogens with zero attached hydrogens (tertiary/aromatic N) is 2. The Labute approximate surface area is 79.5 Å². The lowest BCUT2D eigenvalue weighted by molar-refractivity contribution is -0.138. The number of hydrogen-bond acceptors (Lipinski definition) is 4. The number of nitrogens with one attached hydrogen (secondary N) is 2. The summed E-state index contributed by atoms with van der Waals surface area (Å²) in [5, 5.41) is 16.8. The van der Waals surface area contributed by atoms with Crippen LogP contribution >= 0.6 is 0 Å². The second-order valence-electron chi connectivity index (χ2n) is 2.78. The van der Waals surface area contributed by atoms with Crippen LogP contribution in [-0.4, -0.2) is 38.2 Å². The highest BCUT2D eigenvalue weighted by Gasteiger charge is 2.17. The Morgan fingerprint density at radius 3 is 2.64 bits per heavy atom. The summed E-state index contributed by atoms with van der Waals surface area (Å²) >= 11 is 0. The van der Waals surface area contributed by atoms with Crippen LogP contribution in [0.1, 0.15) is 23.4 Å². The Morgan fingerprint density at radius 2 is 2.21 bits per heavy atom. The molecule has 0 saturated heterocycles. The van der Waals surface area contributed by atoms with Crippen molar-refractivity contribution in [3.63, 3.8) is 0 Å². The highest BCUT2D eigenvalue weighted by molar-refractivity contribution is 5.93. The molecule has 1 unspecified atom stereocenters. The van der Waals surface area contributed by atoms with Gasteiger partial charge in [0.05, 0.1) is 0 Å². The van der Waals surface area contributed by atoms with Crippen LogP contribution in [0.3, 0.4) is 0 Å². The largest absolute Gasteiger partial charge is 0.480 e. The Bertz CT molecular complexity index is 360. The number of aromatic amines is 1. The number of hydrogen-bond donors (Lipinski definition) is 3. The fourth-order valence-corrected chi connectivity index (χ4v) is 0.767. The van der Waals surface area contributed by atoms with E-state index in [0.717, 1.165) is 0 Å². The number of aromatic nitrogens is 3. The van der Waals surface area contributed by atoms with Gasteiger partial charge in [-0.1, -0.05) is 0 Å². The summed E-state index contributed by atoms with van der Waals surface area (Å²) in [5.74, 6) is -1.27. The summed E-state index contributed by atoms with van der Waals surface area (Å²) in [5.41, 5.74) is 0. The van der Waals surface area contributed by atoms with Crippen molar-refractivity contribution in [2.24, 2.45) is 0 Å². The maximum Gasteiger partial charge on any atom is 0.325 e. The number of aliphatic carboxylic acids is 1. The summed E-state index contributed by atoms with van der Waals surface area (Å²) in [4.78, 5) is 25.4. The molecule has 1 heterocycles. The van der Waals surface area contributed by atoms with E-state index in [1.54, 1.807) is 6.92 Å². The molecule has 1 amide bonds. The lowest BCUT2D eigenvalue weighted by Crippen LogP contribution is -2.38. The van der Waals surface area contributed by atoms with Crippen molar-refractivity contribution in [1.29, 1.82) is 0 Å². The molecule has 76 valence electrons. The minimum atomic E-state index is -1.11. The molecule has 0 bridgehead atoms. The third-order valence-corrected chi connectivity index (χ3v) is 1.52. The Balaban J connectivity index is 2.63. The first-order valence-corrected chi connectivity index (χ1v) is 3.93. The third-order valence-electron chi connectivity index (χ3n) is 1.52. The van der Waals surface area contributed by atoms with Crippen LogP contribution in [0, 0.1) is 6.92 Å². The molecule has 0 aliphatic heterocycles. The molecule has 0 aliphatic carbocycles. The predicted molar refractivity (Wildman–Crippen MR) is 45.7 cm³/mol. The van der Waals surface area contributed by atoms with Crippen molar-refractivity contribution in [2.75, 3.05) is 0 Å². The molecule has 0 fully saturated rings. The lowest BCUT2D eigenvalue weighted by Gasteiger charge is -2.05. The molecule has 0 aliphatic rings. The van der Waals surface area contributed by atoms with Gasteiger partial charge in [-0.05, 0) is 13.8 Å². The van der Waals surface area contributed by atoms with Gasteiger partial charge in [0.1, 0.15) is 11.9 Å². The van der Waals surface area contributed by atoms with E-state index >= 15 is 0 Å². The van der Waals surface area contributed by atoms with E-state index in [1.807, 2.05) is 0 Å². The fourth-order valence-electron chi connectivity index (χ4n) is 0.767. The monoisotopic (exact) mass is 198 g/mol. The standard InChI is InChI=1S/C7H10N4O3/c1-3(7(13)14)8-6(12)5-9-4(2)10-11-5/h3H,1-2H3,(H,8,12)(H,13,14)(H,9,10,11). The van der Waals surface area contributed by atoms with Gasteiger partial charge in [-0.25, -0.2) is 4.98 Å². The van der Waals surface area contributed by atoms with E-state index in [-0.39, 0.29) is 5.82 Å². The molecule has 7 heteroatoms. The van der Waals surface area contributed by atoms with Gasteiger partial charge in [-0.2, -0.15) is 0 Å². The summed E-state index contributed by atoms with van der Waals surface area (Å²) < 4.78 is 0. The van der Waals surface area contributed by atoms with Crippen LogP contribution in [-0.2, 0) is 4.79 Å². The first-order valence-electron chi connectivity index (χ1n) is 3.93. The van der Waals surface area contributed by atoms with Gasteiger partial charge in [0.2, 0.25) is 5.82 Å². The molecule has 0 radical (unpaired) electrons. The van der Waals surface area contributed by atoms with Gasteiger partial charge in [0, 0.05) is 0 Å². The average Bonchev–Trinajstić information content (AvgIpc) is 2.51. The number of H-pyrrole nitrogens is 1. The van der Waals surface area contributed by atoms with Crippen molar-refractivity contribution < 1.29 is 14.7 Å². The zero-order valence-corrected chi connectivity index (χ0v) is 7.74. The van der Waals surface area contributed by atoms with Crippen molar-refractivity contribution in [3.05, 3.63) is 11.6 Å².